The molecule has 1 saturated heterocycles. The van der Waals surface area contributed by atoms with E-state index in [0.717, 1.165) is 18.9 Å². The van der Waals surface area contributed by atoms with Gasteiger partial charge in [-0.2, -0.15) is 0 Å². The van der Waals surface area contributed by atoms with Gasteiger partial charge in [-0.25, -0.2) is 4.98 Å². The molecule has 0 aliphatic carbocycles. The molecule has 1 aliphatic rings. The molecule has 0 amide bonds. The van der Waals surface area contributed by atoms with E-state index in [1.54, 1.807) is 0 Å². The Hall–Kier alpha value is -1.09. The fourth-order valence-electron chi connectivity index (χ4n) is 2.36. The Balaban J connectivity index is 2.13. The molecule has 1 aromatic heterocycles. The Bertz CT molecular complexity index is 362. The smallest absolute Gasteiger partial charge is 0.128 e. The Morgan fingerprint density at radius 3 is 2.94 bits per heavy atom. The fourth-order valence-corrected chi connectivity index (χ4v) is 2.36. The number of piperidine rings is 1. The van der Waals surface area contributed by atoms with Gasteiger partial charge in [0.1, 0.15) is 5.82 Å². The Kier molecular flexibility index (Phi) is 4.00. The van der Waals surface area contributed by atoms with Crippen molar-refractivity contribution >= 4 is 5.82 Å². The molecular weight excluding hydrogens is 210 g/mol. The quantitative estimate of drug-likeness (QED) is 0.869. The maximum Gasteiger partial charge on any atom is 0.128 e. The Morgan fingerprint density at radius 2 is 2.24 bits per heavy atom. The van der Waals surface area contributed by atoms with Crippen LogP contribution in [-0.2, 0) is 0 Å². The molecule has 1 unspecified atom stereocenters. The van der Waals surface area contributed by atoms with Crippen LogP contribution in [0, 0.1) is 0 Å². The van der Waals surface area contributed by atoms with Gasteiger partial charge in [-0.15, -0.1) is 0 Å². The normalized spacial score (nSPS) is 20.9. The molecule has 2 rings (SSSR count). The molecule has 0 spiro atoms. The first kappa shape index (κ1) is 12.4. The van der Waals surface area contributed by atoms with Crippen LogP contribution >= 0.6 is 0 Å². The van der Waals surface area contributed by atoms with Gasteiger partial charge >= 0.3 is 0 Å². The Morgan fingerprint density at radius 1 is 1.41 bits per heavy atom. The third-order valence-electron chi connectivity index (χ3n) is 3.50. The number of anilines is 1. The van der Waals surface area contributed by atoms with Crippen LogP contribution in [-0.4, -0.2) is 31.2 Å². The molecule has 0 radical (unpaired) electrons. The molecular formula is C14H23N3. The van der Waals surface area contributed by atoms with E-state index in [1.165, 1.54) is 18.5 Å². The summed E-state index contributed by atoms with van der Waals surface area (Å²) in [6.07, 6.45) is 2.52. The van der Waals surface area contributed by atoms with Crippen LogP contribution in [0.1, 0.15) is 38.3 Å². The molecule has 1 N–H and O–H groups in total. The second kappa shape index (κ2) is 5.50. The number of nitrogens with zero attached hydrogens (tertiary/aromatic N) is 2. The van der Waals surface area contributed by atoms with E-state index in [2.05, 4.69) is 42.3 Å². The number of rotatable bonds is 3. The minimum Gasteiger partial charge on any atom is -0.355 e. The molecule has 1 atom stereocenters. The summed E-state index contributed by atoms with van der Waals surface area (Å²) in [6.45, 7) is 6.59. The summed E-state index contributed by atoms with van der Waals surface area (Å²) in [5.74, 6) is 1.64. The lowest BCUT2D eigenvalue weighted by atomic mass is 10.1. The van der Waals surface area contributed by atoms with Gasteiger partial charge in [-0.3, -0.25) is 0 Å². The molecule has 3 nitrogen and oxygen atoms in total. The zero-order chi connectivity index (χ0) is 12.3. The first-order chi connectivity index (χ1) is 8.20. The van der Waals surface area contributed by atoms with Crippen molar-refractivity contribution in [1.82, 2.24) is 10.3 Å². The molecule has 1 aliphatic heterocycles. The average Bonchev–Trinajstić information content (AvgIpc) is 2.39. The lowest BCUT2D eigenvalue weighted by Gasteiger charge is -2.33. The fraction of sp³-hybridized carbons (Fsp3) is 0.643. The lowest BCUT2D eigenvalue weighted by Crippen LogP contribution is -2.44. The molecule has 0 bridgehead atoms. The van der Waals surface area contributed by atoms with Gasteiger partial charge in [0.05, 0.1) is 0 Å². The monoisotopic (exact) mass is 233 g/mol. The molecule has 17 heavy (non-hydrogen) atoms. The summed E-state index contributed by atoms with van der Waals surface area (Å²) in [5.41, 5.74) is 1.19. The highest BCUT2D eigenvalue weighted by atomic mass is 15.2. The second-order valence-electron chi connectivity index (χ2n) is 5.15. The summed E-state index contributed by atoms with van der Waals surface area (Å²) >= 11 is 0. The van der Waals surface area contributed by atoms with Gasteiger partial charge in [0.2, 0.25) is 0 Å². The first-order valence-corrected chi connectivity index (χ1v) is 6.60. The lowest BCUT2D eigenvalue weighted by molar-refractivity contribution is 0.447. The maximum absolute atomic E-state index is 4.76. The van der Waals surface area contributed by atoms with Crippen molar-refractivity contribution in [1.29, 1.82) is 0 Å². The number of pyridine rings is 1. The van der Waals surface area contributed by atoms with E-state index >= 15 is 0 Å². The highest BCUT2D eigenvalue weighted by molar-refractivity contribution is 5.40. The van der Waals surface area contributed by atoms with Crippen molar-refractivity contribution < 1.29 is 0 Å². The van der Waals surface area contributed by atoms with Crippen molar-refractivity contribution in [3.05, 3.63) is 23.9 Å². The minimum atomic E-state index is 0.500. The van der Waals surface area contributed by atoms with Crippen LogP contribution < -0.4 is 10.2 Å². The Labute approximate surface area is 104 Å². The molecule has 0 saturated carbocycles. The third-order valence-corrected chi connectivity index (χ3v) is 3.50. The summed E-state index contributed by atoms with van der Waals surface area (Å²) in [7, 11) is 2.05. The summed E-state index contributed by atoms with van der Waals surface area (Å²) < 4.78 is 0. The predicted molar refractivity (Wildman–Crippen MR) is 72.6 cm³/mol. The van der Waals surface area contributed by atoms with Crippen LogP contribution in [0.25, 0.3) is 0 Å². The van der Waals surface area contributed by atoms with Crippen LogP contribution in [0.3, 0.4) is 0 Å². The number of nitrogens with one attached hydrogen (secondary N) is 1. The van der Waals surface area contributed by atoms with Crippen LogP contribution in [0.5, 0.6) is 0 Å². The molecule has 1 aromatic rings. The largest absolute Gasteiger partial charge is 0.355 e. The van der Waals surface area contributed by atoms with Crippen molar-refractivity contribution in [3.63, 3.8) is 0 Å². The van der Waals surface area contributed by atoms with Crippen molar-refractivity contribution in [3.8, 4) is 0 Å². The summed E-state index contributed by atoms with van der Waals surface area (Å²) in [6, 6.07) is 6.98. The molecule has 1 fully saturated rings. The predicted octanol–water partition coefficient (Wildman–Crippen LogP) is 2.39. The van der Waals surface area contributed by atoms with E-state index < -0.39 is 0 Å². The van der Waals surface area contributed by atoms with Gasteiger partial charge in [-0.1, -0.05) is 19.9 Å². The summed E-state index contributed by atoms with van der Waals surface area (Å²) in [5, 5.41) is 3.37. The van der Waals surface area contributed by atoms with Gasteiger partial charge in [0.15, 0.2) is 0 Å². The standard InChI is InChI=1S/C14H23N3/c1-11(2)13-7-4-8-14(16-13)17-9-5-6-12(10-17)15-3/h4,7-8,11-12,15H,5-6,9-10H2,1-3H3. The first-order valence-electron chi connectivity index (χ1n) is 6.60. The molecule has 94 valence electrons. The van der Waals surface area contributed by atoms with Crippen molar-refractivity contribution in [2.45, 2.75) is 38.6 Å². The van der Waals surface area contributed by atoms with Crippen LogP contribution in [0.15, 0.2) is 18.2 Å². The zero-order valence-electron chi connectivity index (χ0n) is 11.1. The van der Waals surface area contributed by atoms with E-state index in [9.17, 15) is 0 Å². The van der Waals surface area contributed by atoms with Crippen molar-refractivity contribution in [2.75, 3.05) is 25.0 Å². The van der Waals surface area contributed by atoms with E-state index in [4.69, 9.17) is 4.98 Å². The van der Waals surface area contributed by atoms with E-state index in [1.807, 2.05) is 7.05 Å². The highest BCUT2D eigenvalue weighted by Crippen LogP contribution is 2.20. The number of hydrogen-bond acceptors (Lipinski definition) is 3. The molecule has 2 heterocycles. The second-order valence-corrected chi connectivity index (χ2v) is 5.15. The number of aromatic nitrogens is 1. The number of likely N-dealkylation sites (N-methyl/N-ethyl adjacent to an activating group) is 1. The average molecular weight is 233 g/mol. The maximum atomic E-state index is 4.76. The SMILES string of the molecule is CNC1CCCN(c2cccc(C(C)C)n2)C1. The highest BCUT2D eigenvalue weighted by Gasteiger charge is 2.19. The van der Waals surface area contributed by atoms with Gasteiger partial charge in [0, 0.05) is 24.8 Å². The van der Waals surface area contributed by atoms with E-state index in [0.29, 0.717) is 12.0 Å². The third kappa shape index (κ3) is 2.97. The van der Waals surface area contributed by atoms with Gasteiger partial charge < -0.3 is 10.2 Å². The summed E-state index contributed by atoms with van der Waals surface area (Å²) in [4.78, 5) is 7.16. The number of hydrogen-bond donors (Lipinski definition) is 1. The zero-order valence-corrected chi connectivity index (χ0v) is 11.1. The topological polar surface area (TPSA) is 28.2 Å². The molecule has 0 aromatic carbocycles. The van der Waals surface area contributed by atoms with Crippen LogP contribution in [0.4, 0.5) is 5.82 Å². The van der Waals surface area contributed by atoms with Crippen LogP contribution in [0.2, 0.25) is 0 Å². The van der Waals surface area contributed by atoms with Gasteiger partial charge in [0.25, 0.3) is 0 Å². The minimum absolute atomic E-state index is 0.500. The molecule has 3 heteroatoms. The van der Waals surface area contributed by atoms with E-state index in [-0.39, 0.29) is 0 Å². The van der Waals surface area contributed by atoms with Gasteiger partial charge in [-0.05, 0) is 37.9 Å². The van der Waals surface area contributed by atoms with Crippen molar-refractivity contribution in [2.24, 2.45) is 0 Å².